The van der Waals surface area contributed by atoms with E-state index < -0.39 is 17.9 Å². The zero-order valence-electron chi connectivity index (χ0n) is 13.4. The van der Waals surface area contributed by atoms with E-state index in [9.17, 15) is 9.59 Å². The van der Waals surface area contributed by atoms with Crippen LogP contribution in [-0.2, 0) is 20.7 Å². The Morgan fingerprint density at radius 3 is 2.21 bits per heavy atom. The first kappa shape index (κ1) is 17.3. The third-order valence-corrected chi connectivity index (χ3v) is 3.48. The van der Waals surface area contributed by atoms with Gasteiger partial charge >= 0.3 is 5.97 Å². The van der Waals surface area contributed by atoms with Gasteiger partial charge in [-0.2, -0.15) is 0 Å². The molecule has 1 amide bonds. The van der Waals surface area contributed by atoms with Crippen LogP contribution >= 0.6 is 0 Å². The first-order valence-electron chi connectivity index (χ1n) is 7.53. The minimum atomic E-state index is -0.731. The molecular formula is C19H20N2O3. The molecule has 124 valence electrons. The summed E-state index contributed by atoms with van der Waals surface area (Å²) in [6, 6.07) is 18.0. The van der Waals surface area contributed by atoms with Crippen LogP contribution in [0.15, 0.2) is 72.4 Å². The Hall–Kier alpha value is -3.08. The van der Waals surface area contributed by atoms with Crippen LogP contribution in [0.4, 0.5) is 0 Å². The summed E-state index contributed by atoms with van der Waals surface area (Å²) in [5.41, 5.74) is 7.81. The van der Waals surface area contributed by atoms with E-state index in [4.69, 9.17) is 10.5 Å². The molecule has 5 nitrogen and oxygen atoms in total. The van der Waals surface area contributed by atoms with E-state index in [-0.39, 0.29) is 0 Å². The number of nitrogens with one attached hydrogen (secondary N) is 1. The molecule has 2 rings (SSSR count). The van der Waals surface area contributed by atoms with Crippen molar-refractivity contribution in [2.45, 2.75) is 12.5 Å². The molecule has 0 aromatic heterocycles. The molecule has 3 N–H and O–H groups in total. The van der Waals surface area contributed by atoms with Gasteiger partial charge in [0.15, 0.2) is 0 Å². The van der Waals surface area contributed by atoms with Crippen molar-refractivity contribution in [1.82, 2.24) is 5.32 Å². The number of rotatable bonds is 7. The zero-order valence-corrected chi connectivity index (χ0v) is 13.4. The van der Waals surface area contributed by atoms with E-state index >= 15 is 0 Å². The second-order valence-electron chi connectivity index (χ2n) is 5.25. The Kier molecular flexibility index (Phi) is 6.14. The van der Waals surface area contributed by atoms with Gasteiger partial charge in [0.2, 0.25) is 5.91 Å². The highest BCUT2D eigenvalue weighted by molar-refractivity contribution is 5.84. The summed E-state index contributed by atoms with van der Waals surface area (Å²) < 4.78 is 4.69. The van der Waals surface area contributed by atoms with Crippen LogP contribution in [0.25, 0.3) is 0 Å². The number of hydrogen-bond acceptors (Lipinski definition) is 4. The second kappa shape index (κ2) is 8.53. The first-order chi connectivity index (χ1) is 11.6. The highest BCUT2D eigenvalue weighted by Crippen LogP contribution is 2.16. The van der Waals surface area contributed by atoms with Crippen molar-refractivity contribution < 1.29 is 14.3 Å². The highest BCUT2D eigenvalue weighted by Gasteiger charge is 2.19. The fourth-order valence-corrected chi connectivity index (χ4v) is 2.31. The van der Waals surface area contributed by atoms with Gasteiger partial charge < -0.3 is 15.8 Å². The lowest BCUT2D eigenvalue weighted by Gasteiger charge is -2.19. The molecule has 0 aliphatic carbocycles. The van der Waals surface area contributed by atoms with Crippen LogP contribution < -0.4 is 11.1 Å². The standard InChI is InChI=1S/C19H20N2O3/c1-24-17(22)13-16(12-14-8-4-2-5-9-14)21-18(19(20)23)15-10-6-3-7-11-15/h2-11,13,18,21H,12H2,1H3,(H2,20,23)/b16-13-/t18-/m0/s1. The molecule has 0 unspecified atom stereocenters. The van der Waals surface area contributed by atoms with Gasteiger partial charge in [0.1, 0.15) is 6.04 Å². The van der Waals surface area contributed by atoms with Crippen molar-refractivity contribution in [2.24, 2.45) is 5.73 Å². The molecule has 0 radical (unpaired) electrons. The maximum atomic E-state index is 11.9. The Labute approximate surface area is 141 Å². The Bertz CT molecular complexity index is 712. The van der Waals surface area contributed by atoms with Crippen LogP contribution in [0.1, 0.15) is 17.2 Å². The summed E-state index contributed by atoms with van der Waals surface area (Å²) in [5.74, 6) is -1.02. The summed E-state index contributed by atoms with van der Waals surface area (Å²) in [4.78, 5) is 23.5. The fourth-order valence-electron chi connectivity index (χ4n) is 2.31. The van der Waals surface area contributed by atoms with Gasteiger partial charge in [-0.05, 0) is 11.1 Å². The van der Waals surface area contributed by atoms with Gasteiger partial charge in [-0.1, -0.05) is 60.7 Å². The average molecular weight is 324 g/mol. The Morgan fingerprint density at radius 2 is 1.67 bits per heavy atom. The van der Waals surface area contributed by atoms with Crippen molar-refractivity contribution >= 4 is 11.9 Å². The van der Waals surface area contributed by atoms with Crippen LogP contribution in [0.5, 0.6) is 0 Å². The smallest absolute Gasteiger partial charge is 0.332 e. The lowest BCUT2D eigenvalue weighted by Crippen LogP contribution is -2.34. The van der Waals surface area contributed by atoms with Gasteiger partial charge in [0.05, 0.1) is 7.11 Å². The normalized spacial score (nSPS) is 12.3. The van der Waals surface area contributed by atoms with E-state index in [1.54, 1.807) is 12.1 Å². The molecule has 2 aromatic carbocycles. The summed E-state index contributed by atoms with van der Waals surface area (Å²) in [6.45, 7) is 0. The number of methoxy groups -OCH3 is 1. The zero-order chi connectivity index (χ0) is 17.4. The maximum Gasteiger partial charge on any atom is 0.332 e. The average Bonchev–Trinajstić information content (AvgIpc) is 2.60. The van der Waals surface area contributed by atoms with Gasteiger partial charge in [-0.25, -0.2) is 4.79 Å². The summed E-state index contributed by atoms with van der Waals surface area (Å²) in [7, 11) is 1.31. The predicted octanol–water partition coefficient (Wildman–Crippen LogP) is 2.10. The largest absolute Gasteiger partial charge is 0.466 e. The van der Waals surface area contributed by atoms with Crippen LogP contribution in [0, 0.1) is 0 Å². The summed E-state index contributed by atoms with van der Waals surface area (Å²) >= 11 is 0. The molecule has 1 atom stereocenters. The monoisotopic (exact) mass is 324 g/mol. The predicted molar refractivity (Wildman–Crippen MR) is 91.8 cm³/mol. The van der Waals surface area contributed by atoms with Crippen LogP contribution in [-0.4, -0.2) is 19.0 Å². The maximum absolute atomic E-state index is 11.9. The quantitative estimate of drug-likeness (QED) is 0.604. The number of hydrogen-bond donors (Lipinski definition) is 2. The number of carbonyl (C=O) groups excluding carboxylic acids is 2. The summed E-state index contributed by atoms with van der Waals surface area (Å²) in [5, 5.41) is 3.07. The lowest BCUT2D eigenvalue weighted by molar-refractivity contribution is -0.135. The molecule has 0 spiro atoms. The number of allylic oxidation sites excluding steroid dienone is 1. The molecular weight excluding hydrogens is 304 g/mol. The van der Waals surface area contributed by atoms with Crippen molar-refractivity contribution in [3.63, 3.8) is 0 Å². The van der Waals surface area contributed by atoms with Gasteiger partial charge in [-0.3, -0.25) is 4.79 Å². The second-order valence-corrected chi connectivity index (χ2v) is 5.25. The van der Waals surface area contributed by atoms with E-state index in [2.05, 4.69) is 5.32 Å². The van der Waals surface area contributed by atoms with Gasteiger partial charge in [-0.15, -0.1) is 0 Å². The number of esters is 1. The fraction of sp³-hybridized carbons (Fsp3) is 0.158. The minimum Gasteiger partial charge on any atom is -0.466 e. The molecule has 2 aromatic rings. The SMILES string of the molecule is COC(=O)/C=C(/Cc1ccccc1)N[C@H](C(N)=O)c1ccccc1. The highest BCUT2D eigenvalue weighted by atomic mass is 16.5. The van der Waals surface area contributed by atoms with Crippen LogP contribution in [0.2, 0.25) is 0 Å². The van der Waals surface area contributed by atoms with E-state index in [1.807, 2.05) is 48.5 Å². The van der Waals surface area contributed by atoms with Crippen molar-refractivity contribution in [3.8, 4) is 0 Å². The Morgan fingerprint density at radius 1 is 1.08 bits per heavy atom. The molecule has 24 heavy (non-hydrogen) atoms. The molecule has 0 aliphatic rings. The van der Waals surface area contributed by atoms with E-state index in [0.717, 1.165) is 11.1 Å². The number of amides is 1. The summed E-state index contributed by atoms with van der Waals surface area (Å²) in [6.07, 6.45) is 1.79. The number of nitrogens with two attached hydrogens (primary N) is 1. The molecule has 0 aliphatic heterocycles. The van der Waals surface area contributed by atoms with Gasteiger partial charge in [0.25, 0.3) is 0 Å². The third-order valence-electron chi connectivity index (χ3n) is 3.48. The van der Waals surface area contributed by atoms with E-state index in [1.165, 1.54) is 13.2 Å². The minimum absolute atomic E-state index is 0.451. The number of benzene rings is 2. The van der Waals surface area contributed by atoms with Crippen LogP contribution in [0.3, 0.4) is 0 Å². The van der Waals surface area contributed by atoms with Gasteiger partial charge in [0, 0.05) is 18.2 Å². The topological polar surface area (TPSA) is 81.4 Å². The van der Waals surface area contributed by atoms with E-state index in [0.29, 0.717) is 12.1 Å². The number of primary amides is 1. The molecule has 0 bridgehead atoms. The third kappa shape index (κ3) is 4.98. The lowest BCUT2D eigenvalue weighted by atomic mass is 10.0. The molecule has 0 heterocycles. The first-order valence-corrected chi connectivity index (χ1v) is 7.53. The van der Waals surface area contributed by atoms with Crippen molar-refractivity contribution in [3.05, 3.63) is 83.6 Å². The molecule has 5 heteroatoms. The molecule has 0 fully saturated rings. The van der Waals surface area contributed by atoms with Crippen molar-refractivity contribution in [1.29, 1.82) is 0 Å². The number of carbonyl (C=O) groups is 2. The molecule has 0 saturated carbocycles. The number of ether oxygens (including phenoxy) is 1. The molecule has 0 saturated heterocycles. The Balaban J connectivity index is 2.27. The van der Waals surface area contributed by atoms with Crippen molar-refractivity contribution in [2.75, 3.05) is 7.11 Å².